The molecule has 0 spiro atoms. The molecule has 1 aliphatic heterocycles. The number of pyridine rings is 1. The molecule has 74 valence electrons. The van der Waals surface area contributed by atoms with Crippen molar-refractivity contribution in [3.8, 4) is 0 Å². The van der Waals surface area contributed by atoms with Crippen molar-refractivity contribution < 1.29 is 4.79 Å². The van der Waals surface area contributed by atoms with Crippen LogP contribution in [0, 0.1) is 0 Å². The van der Waals surface area contributed by atoms with Gasteiger partial charge in [0.2, 0.25) is 5.91 Å². The molecule has 1 amide bonds. The van der Waals surface area contributed by atoms with Crippen LogP contribution in [0.25, 0.3) is 0 Å². The molecule has 14 heavy (non-hydrogen) atoms. The number of rotatable bonds is 3. The largest absolute Gasteiger partial charge is 0.342 e. The molecule has 0 aromatic carbocycles. The standard InChI is InChI=1S/C10H12N2OS/c13-10(12-6-1-7-12)8-14-9-2-4-11-5-3-9/h2-5H,1,6-8H2. The Bertz CT molecular complexity index is 311. The highest BCUT2D eigenvalue weighted by Gasteiger charge is 2.19. The molecule has 0 radical (unpaired) electrons. The quantitative estimate of drug-likeness (QED) is 0.704. The van der Waals surface area contributed by atoms with Gasteiger partial charge in [0.1, 0.15) is 0 Å². The first-order chi connectivity index (χ1) is 6.86. The number of carbonyl (C=O) groups excluding carboxylic acids is 1. The molecule has 0 N–H and O–H groups in total. The molecule has 0 unspecified atom stereocenters. The third-order valence-corrected chi connectivity index (χ3v) is 3.22. The lowest BCUT2D eigenvalue weighted by atomic mass is 10.2. The van der Waals surface area contributed by atoms with E-state index in [1.165, 1.54) is 0 Å². The molecule has 0 saturated carbocycles. The van der Waals surface area contributed by atoms with Crippen LogP contribution in [0.15, 0.2) is 29.4 Å². The second-order valence-electron chi connectivity index (χ2n) is 3.21. The van der Waals surface area contributed by atoms with Crippen LogP contribution in [0.1, 0.15) is 6.42 Å². The van der Waals surface area contributed by atoms with Crippen molar-refractivity contribution in [1.29, 1.82) is 0 Å². The smallest absolute Gasteiger partial charge is 0.232 e. The highest BCUT2D eigenvalue weighted by atomic mass is 32.2. The maximum absolute atomic E-state index is 11.5. The molecule has 0 bridgehead atoms. The van der Waals surface area contributed by atoms with Crippen LogP contribution in [0.2, 0.25) is 0 Å². The zero-order valence-electron chi connectivity index (χ0n) is 7.85. The molecule has 2 rings (SSSR count). The van der Waals surface area contributed by atoms with Crippen LogP contribution in [-0.4, -0.2) is 34.6 Å². The van der Waals surface area contributed by atoms with Gasteiger partial charge in [0, 0.05) is 30.4 Å². The van der Waals surface area contributed by atoms with Gasteiger partial charge in [0.05, 0.1) is 5.75 Å². The summed E-state index contributed by atoms with van der Waals surface area (Å²) in [5.41, 5.74) is 0. The topological polar surface area (TPSA) is 33.2 Å². The summed E-state index contributed by atoms with van der Waals surface area (Å²) in [6, 6.07) is 3.85. The number of nitrogens with zero attached hydrogens (tertiary/aromatic N) is 2. The van der Waals surface area contributed by atoms with Gasteiger partial charge >= 0.3 is 0 Å². The van der Waals surface area contributed by atoms with E-state index in [0.29, 0.717) is 5.75 Å². The van der Waals surface area contributed by atoms with Crippen LogP contribution < -0.4 is 0 Å². The molecule has 0 atom stereocenters. The van der Waals surface area contributed by atoms with E-state index in [2.05, 4.69) is 4.98 Å². The summed E-state index contributed by atoms with van der Waals surface area (Å²) in [5, 5.41) is 0. The van der Waals surface area contributed by atoms with Gasteiger partial charge in [-0.25, -0.2) is 0 Å². The Balaban J connectivity index is 1.79. The molecule has 0 aliphatic carbocycles. The first-order valence-electron chi connectivity index (χ1n) is 4.67. The first kappa shape index (κ1) is 9.52. The van der Waals surface area contributed by atoms with E-state index in [1.54, 1.807) is 24.2 Å². The molecule has 1 aromatic rings. The highest BCUT2D eigenvalue weighted by molar-refractivity contribution is 8.00. The Morgan fingerprint density at radius 1 is 1.43 bits per heavy atom. The number of hydrogen-bond acceptors (Lipinski definition) is 3. The Kier molecular flexibility index (Phi) is 3.03. The SMILES string of the molecule is O=C(CSc1ccncc1)N1CCC1. The minimum absolute atomic E-state index is 0.248. The number of carbonyl (C=O) groups is 1. The lowest BCUT2D eigenvalue weighted by molar-refractivity contribution is -0.131. The zero-order chi connectivity index (χ0) is 9.80. The lowest BCUT2D eigenvalue weighted by Gasteiger charge is -2.30. The monoisotopic (exact) mass is 208 g/mol. The van der Waals surface area contributed by atoms with Gasteiger partial charge in [0.15, 0.2) is 0 Å². The van der Waals surface area contributed by atoms with Gasteiger partial charge in [-0.3, -0.25) is 9.78 Å². The Labute approximate surface area is 87.5 Å². The van der Waals surface area contributed by atoms with E-state index >= 15 is 0 Å². The van der Waals surface area contributed by atoms with E-state index in [0.717, 1.165) is 24.4 Å². The van der Waals surface area contributed by atoms with Gasteiger partial charge in [-0.2, -0.15) is 0 Å². The minimum atomic E-state index is 0.248. The highest BCUT2D eigenvalue weighted by Crippen LogP contribution is 2.18. The predicted molar refractivity (Wildman–Crippen MR) is 56.2 cm³/mol. The summed E-state index contributed by atoms with van der Waals surface area (Å²) < 4.78 is 0. The van der Waals surface area contributed by atoms with Crippen molar-refractivity contribution >= 4 is 17.7 Å². The van der Waals surface area contributed by atoms with Crippen LogP contribution in [0.5, 0.6) is 0 Å². The first-order valence-corrected chi connectivity index (χ1v) is 5.65. The van der Waals surface area contributed by atoms with Crippen molar-refractivity contribution in [2.45, 2.75) is 11.3 Å². The molecule has 4 heteroatoms. The van der Waals surface area contributed by atoms with E-state index in [4.69, 9.17) is 0 Å². The third kappa shape index (κ3) is 2.26. The van der Waals surface area contributed by atoms with Crippen molar-refractivity contribution in [3.05, 3.63) is 24.5 Å². The van der Waals surface area contributed by atoms with Crippen molar-refractivity contribution in [2.24, 2.45) is 0 Å². The van der Waals surface area contributed by atoms with Gasteiger partial charge < -0.3 is 4.90 Å². The molecule has 1 saturated heterocycles. The molecular weight excluding hydrogens is 196 g/mol. The Hall–Kier alpha value is -1.03. The molecule has 1 aromatic heterocycles. The normalized spacial score (nSPS) is 15.0. The predicted octanol–water partition coefficient (Wildman–Crippen LogP) is 1.41. The molecule has 1 aliphatic rings. The van der Waals surface area contributed by atoms with Gasteiger partial charge in [0.25, 0.3) is 0 Å². The number of amides is 1. The average Bonchev–Trinajstić information content (AvgIpc) is 2.14. The fraction of sp³-hybridized carbons (Fsp3) is 0.400. The van der Waals surface area contributed by atoms with Crippen LogP contribution in [0.3, 0.4) is 0 Å². The second-order valence-corrected chi connectivity index (χ2v) is 4.25. The molecule has 3 nitrogen and oxygen atoms in total. The lowest BCUT2D eigenvalue weighted by Crippen LogP contribution is -2.42. The summed E-state index contributed by atoms with van der Waals surface area (Å²) in [4.78, 5) is 18.4. The van der Waals surface area contributed by atoms with Gasteiger partial charge in [-0.15, -0.1) is 11.8 Å². The van der Waals surface area contributed by atoms with Crippen molar-refractivity contribution in [3.63, 3.8) is 0 Å². The number of hydrogen-bond donors (Lipinski definition) is 0. The number of aromatic nitrogens is 1. The Morgan fingerprint density at radius 2 is 2.14 bits per heavy atom. The van der Waals surface area contributed by atoms with Gasteiger partial charge in [-0.05, 0) is 18.6 Å². The van der Waals surface area contributed by atoms with Crippen LogP contribution in [0.4, 0.5) is 0 Å². The van der Waals surface area contributed by atoms with E-state index in [-0.39, 0.29) is 5.91 Å². The summed E-state index contributed by atoms with van der Waals surface area (Å²) in [7, 11) is 0. The fourth-order valence-corrected chi connectivity index (χ4v) is 2.02. The van der Waals surface area contributed by atoms with Crippen molar-refractivity contribution in [2.75, 3.05) is 18.8 Å². The third-order valence-electron chi connectivity index (χ3n) is 2.22. The van der Waals surface area contributed by atoms with E-state index in [9.17, 15) is 4.79 Å². The minimum Gasteiger partial charge on any atom is -0.342 e. The summed E-state index contributed by atoms with van der Waals surface area (Å²) in [5.74, 6) is 0.794. The molecular formula is C10H12N2OS. The van der Waals surface area contributed by atoms with Crippen LogP contribution >= 0.6 is 11.8 Å². The summed E-state index contributed by atoms with van der Waals surface area (Å²) in [6.07, 6.45) is 4.65. The second kappa shape index (κ2) is 4.46. The summed E-state index contributed by atoms with van der Waals surface area (Å²) >= 11 is 1.57. The van der Waals surface area contributed by atoms with E-state index < -0.39 is 0 Å². The van der Waals surface area contributed by atoms with Crippen LogP contribution in [-0.2, 0) is 4.79 Å². The summed E-state index contributed by atoms with van der Waals surface area (Å²) in [6.45, 7) is 1.88. The van der Waals surface area contributed by atoms with Crippen molar-refractivity contribution in [1.82, 2.24) is 9.88 Å². The maximum atomic E-state index is 11.5. The average molecular weight is 208 g/mol. The van der Waals surface area contributed by atoms with Gasteiger partial charge in [-0.1, -0.05) is 0 Å². The molecule has 2 heterocycles. The maximum Gasteiger partial charge on any atom is 0.232 e. The number of likely N-dealkylation sites (tertiary alicyclic amines) is 1. The Morgan fingerprint density at radius 3 is 2.71 bits per heavy atom. The number of thioether (sulfide) groups is 1. The zero-order valence-corrected chi connectivity index (χ0v) is 8.67. The fourth-order valence-electron chi connectivity index (χ4n) is 1.24. The molecule has 1 fully saturated rings. The van der Waals surface area contributed by atoms with E-state index in [1.807, 2.05) is 17.0 Å².